The molecule has 0 unspecified atom stereocenters. The van der Waals surface area contributed by atoms with Crippen LogP contribution in [0, 0.1) is 5.41 Å². The van der Waals surface area contributed by atoms with Crippen LogP contribution in [0.2, 0.25) is 0 Å². The Hall–Kier alpha value is -1.59. The minimum Gasteiger partial charge on any atom is -0.354 e. The summed E-state index contributed by atoms with van der Waals surface area (Å²) < 4.78 is 1.77. The molecule has 0 aliphatic heterocycles. The van der Waals surface area contributed by atoms with Gasteiger partial charge in [0.15, 0.2) is 5.96 Å². The van der Waals surface area contributed by atoms with E-state index in [4.69, 9.17) is 0 Å². The van der Waals surface area contributed by atoms with Gasteiger partial charge in [-0.15, -0.1) is 0 Å². The third-order valence-electron chi connectivity index (χ3n) is 4.12. The van der Waals surface area contributed by atoms with E-state index in [9.17, 15) is 0 Å². The molecule has 0 amide bonds. The minimum absolute atomic E-state index is 0.494. The summed E-state index contributed by atoms with van der Waals surface area (Å²) in [5.41, 5.74) is 0.494. The molecule has 20 heavy (non-hydrogen) atoms. The Bertz CT molecular complexity index is 452. The summed E-state index contributed by atoms with van der Waals surface area (Å²) in [5.74, 6) is 1.75. The van der Waals surface area contributed by atoms with Crippen LogP contribution in [0.25, 0.3) is 0 Å². The average Bonchev–Trinajstić information content (AvgIpc) is 2.82. The summed E-state index contributed by atoms with van der Waals surface area (Å²) in [7, 11) is 3.70. The third kappa shape index (κ3) is 3.95. The van der Waals surface area contributed by atoms with E-state index < -0.39 is 0 Å². The molecule has 0 spiro atoms. The van der Waals surface area contributed by atoms with Crippen molar-refractivity contribution < 1.29 is 0 Å². The van der Waals surface area contributed by atoms with Gasteiger partial charge in [0.05, 0.1) is 6.54 Å². The molecule has 2 rings (SSSR count). The van der Waals surface area contributed by atoms with Gasteiger partial charge in [0.1, 0.15) is 12.2 Å². The van der Waals surface area contributed by atoms with Crippen LogP contribution < -0.4 is 10.6 Å². The van der Waals surface area contributed by atoms with E-state index in [2.05, 4.69) is 39.6 Å². The first kappa shape index (κ1) is 14.8. The van der Waals surface area contributed by atoms with Gasteiger partial charge in [-0.2, -0.15) is 5.10 Å². The zero-order valence-corrected chi connectivity index (χ0v) is 13.0. The van der Waals surface area contributed by atoms with Gasteiger partial charge in [-0.05, 0) is 31.1 Å². The first-order chi connectivity index (χ1) is 9.50. The lowest BCUT2D eigenvalue weighted by molar-refractivity contribution is 0.216. The van der Waals surface area contributed by atoms with Gasteiger partial charge in [0, 0.05) is 20.1 Å². The van der Waals surface area contributed by atoms with Gasteiger partial charge < -0.3 is 10.6 Å². The van der Waals surface area contributed by atoms with Crippen LogP contribution in [0.5, 0.6) is 0 Å². The SMILES string of the molecule is CN=C(NCc1ncnn1C)NC1CCC(C)(C)CC1. The molecule has 1 aliphatic rings. The number of hydrogen-bond donors (Lipinski definition) is 2. The van der Waals surface area contributed by atoms with Gasteiger partial charge in [-0.25, -0.2) is 4.98 Å². The number of hydrogen-bond acceptors (Lipinski definition) is 3. The molecule has 1 heterocycles. The lowest BCUT2D eigenvalue weighted by atomic mass is 9.75. The fraction of sp³-hybridized carbons (Fsp3) is 0.786. The first-order valence-corrected chi connectivity index (χ1v) is 7.30. The van der Waals surface area contributed by atoms with E-state index in [1.54, 1.807) is 18.1 Å². The van der Waals surface area contributed by atoms with E-state index in [0.717, 1.165) is 11.8 Å². The van der Waals surface area contributed by atoms with Crippen LogP contribution in [-0.4, -0.2) is 33.8 Å². The van der Waals surface area contributed by atoms with E-state index in [0.29, 0.717) is 18.0 Å². The monoisotopic (exact) mass is 278 g/mol. The summed E-state index contributed by atoms with van der Waals surface area (Å²) in [4.78, 5) is 8.48. The number of nitrogens with zero attached hydrogens (tertiary/aromatic N) is 4. The second kappa shape index (κ2) is 6.24. The lowest BCUT2D eigenvalue weighted by Gasteiger charge is -2.35. The van der Waals surface area contributed by atoms with Crippen molar-refractivity contribution in [3.05, 3.63) is 12.2 Å². The van der Waals surface area contributed by atoms with Gasteiger partial charge >= 0.3 is 0 Å². The number of guanidine groups is 1. The highest BCUT2D eigenvalue weighted by Crippen LogP contribution is 2.34. The molecule has 6 heteroatoms. The zero-order valence-electron chi connectivity index (χ0n) is 13.0. The molecule has 0 atom stereocenters. The van der Waals surface area contributed by atoms with Crippen molar-refractivity contribution in [2.45, 2.75) is 52.1 Å². The number of nitrogens with one attached hydrogen (secondary N) is 2. The molecule has 2 N–H and O–H groups in total. The Morgan fingerprint density at radius 1 is 1.45 bits per heavy atom. The Morgan fingerprint density at radius 2 is 2.15 bits per heavy atom. The van der Waals surface area contributed by atoms with Gasteiger partial charge in [0.2, 0.25) is 0 Å². The molecule has 1 saturated carbocycles. The van der Waals surface area contributed by atoms with Crippen LogP contribution in [0.15, 0.2) is 11.3 Å². The molecular weight excluding hydrogens is 252 g/mol. The highest BCUT2D eigenvalue weighted by Gasteiger charge is 2.27. The molecule has 112 valence electrons. The number of aryl methyl sites for hydroxylation is 1. The van der Waals surface area contributed by atoms with Crippen LogP contribution in [0.3, 0.4) is 0 Å². The van der Waals surface area contributed by atoms with E-state index >= 15 is 0 Å². The molecule has 0 aromatic carbocycles. The molecule has 0 radical (unpaired) electrons. The maximum Gasteiger partial charge on any atom is 0.191 e. The first-order valence-electron chi connectivity index (χ1n) is 7.30. The van der Waals surface area contributed by atoms with Crippen molar-refractivity contribution in [2.75, 3.05) is 7.05 Å². The maximum atomic E-state index is 4.28. The third-order valence-corrected chi connectivity index (χ3v) is 4.12. The fourth-order valence-electron chi connectivity index (χ4n) is 2.57. The van der Waals surface area contributed by atoms with Crippen LogP contribution in [0.4, 0.5) is 0 Å². The van der Waals surface area contributed by atoms with Gasteiger partial charge in [-0.3, -0.25) is 9.67 Å². The molecule has 6 nitrogen and oxygen atoms in total. The van der Waals surface area contributed by atoms with Gasteiger partial charge in [0.25, 0.3) is 0 Å². The molecule has 1 fully saturated rings. The summed E-state index contributed by atoms with van der Waals surface area (Å²) >= 11 is 0. The topological polar surface area (TPSA) is 67.1 Å². The second-order valence-corrected chi connectivity index (χ2v) is 6.31. The highest BCUT2D eigenvalue weighted by atomic mass is 15.3. The Kier molecular flexibility index (Phi) is 4.62. The highest BCUT2D eigenvalue weighted by molar-refractivity contribution is 5.79. The summed E-state index contributed by atoms with van der Waals surface area (Å²) in [5, 5.41) is 10.9. The summed E-state index contributed by atoms with van der Waals surface area (Å²) in [6, 6.07) is 0.522. The molecule has 1 aromatic heterocycles. The van der Waals surface area contributed by atoms with E-state index in [1.807, 2.05) is 7.05 Å². The smallest absolute Gasteiger partial charge is 0.191 e. The molecular formula is C14H26N6. The summed E-state index contributed by atoms with van der Waals surface area (Å²) in [6.45, 7) is 5.34. The minimum atomic E-state index is 0.494. The molecule has 0 saturated heterocycles. The van der Waals surface area contributed by atoms with Crippen LogP contribution in [-0.2, 0) is 13.6 Å². The Morgan fingerprint density at radius 3 is 2.70 bits per heavy atom. The standard InChI is InChI=1S/C14H26N6/c1-14(2)7-5-11(6-8-14)19-13(15-3)16-9-12-17-10-18-20(12)4/h10-11H,5-9H2,1-4H3,(H2,15,16,19). The Labute approximate surface area is 121 Å². The van der Waals surface area contributed by atoms with Crippen LogP contribution >= 0.6 is 0 Å². The predicted molar refractivity (Wildman–Crippen MR) is 80.4 cm³/mol. The largest absolute Gasteiger partial charge is 0.354 e. The second-order valence-electron chi connectivity index (χ2n) is 6.31. The van der Waals surface area contributed by atoms with Gasteiger partial charge in [-0.1, -0.05) is 13.8 Å². The van der Waals surface area contributed by atoms with E-state index in [1.165, 1.54) is 25.7 Å². The van der Waals surface area contributed by atoms with Crippen molar-refractivity contribution in [3.63, 3.8) is 0 Å². The van der Waals surface area contributed by atoms with Crippen molar-refractivity contribution in [1.29, 1.82) is 0 Å². The average molecular weight is 278 g/mol. The summed E-state index contributed by atoms with van der Waals surface area (Å²) in [6.07, 6.45) is 6.52. The maximum absolute atomic E-state index is 4.28. The molecule has 1 aromatic rings. The normalized spacial score (nSPS) is 19.9. The van der Waals surface area contributed by atoms with Crippen molar-refractivity contribution in [1.82, 2.24) is 25.4 Å². The predicted octanol–water partition coefficient (Wildman–Crippen LogP) is 1.45. The lowest BCUT2D eigenvalue weighted by Crippen LogP contribution is -2.45. The fourth-order valence-corrected chi connectivity index (χ4v) is 2.57. The zero-order chi connectivity index (χ0) is 14.6. The van der Waals surface area contributed by atoms with Crippen molar-refractivity contribution in [3.8, 4) is 0 Å². The molecule has 1 aliphatic carbocycles. The molecule has 0 bridgehead atoms. The van der Waals surface area contributed by atoms with E-state index in [-0.39, 0.29) is 0 Å². The van der Waals surface area contributed by atoms with Crippen LogP contribution in [0.1, 0.15) is 45.4 Å². The van der Waals surface area contributed by atoms with Crippen molar-refractivity contribution >= 4 is 5.96 Å². The van der Waals surface area contributed by atoms with Crippen molar-refractivity contribution in [2.24, 2.45) is 17.5 Å². The number of rotatable bonds is 3. The number of aromatic nitrogens is 3. The quantitative estimate of drug-likeness (QED) is 0.649. The number of aliphatic imine (C=N–C) groups is 1. The Balaban J connectivity index is 1.80.